The number of thioether (sulfide) groups is 1. The van der Waals surface area contributed by atoms with Crippen LogP contribution >= 0.6 is 11.8 Å². The fraction of sp³-hybridized carbons (Fsp3) is 0.381. The van der Waals surface area contributed by atoms with Crippen molar-refractivity contribution in [3.8, 4) is 0 Å². The summed E-state index contributed by atoms with van der Waals surface area (Å²) in [6.45, 7) is 5.10. The molecule has 6 heteroatoms. The van der Waals surface area contributed by atoms with Crippen molar-refractivity contribution < 1.29 is 4.74 Å². The second-order valence-electron chi connectivity index (χ2n) is 6.24. The van der Waals surface area contributed by atoms with Gasteiger partial charge in [0.05, 0.1) is 13.2 Å². The lowest BCUT2D eigenvalue weighted by Crippen LogP contribution is -2.39. The normalized spacial score (nSPS) is 14.9. The fourth-order valence-electron chi connectivity index (χ4n) is 3.03. The molecule has 3 rings (SSSR count). The number of ether oxygens (including phenoxy) is 1. The molecule has 0 spiro atoms. The van der Waals surface area contributed by atoms with Gasteiger partial charge < -0.3 is 20.3 Å². The predicted octanol–water partition coefficient (Wildman–Crippen LogP) is 2.98. The second kappa shape index (κ2) is 10.8. The lowest BCUT2D eigenvalue weighted by molar-refractivity contribution is 0.122. The molecule has 2 N–H and O–H groups in total. The standard InChI is InChI=1S/C21H28N4OS/c1-22-21(23-11-16-27-19-8-3-2-4-9-19)24-17-18-7-5-6-10-20(18)25-12-14-26-15-13-25/h2-10H,11-17H2,1H3,(H2,22,23,24). The molecule has 27 heavy (non-hydrogen) atoms. The number of hydrogen-bond donors (Lipinski definition) is 2. The monoisotopic (exact) mass is 384 g/mol. The molecule has 2 aromatic rings. The van der Waals surface area contributed by atoms with Crippen LogP contribution in [-0.2, 0) is 11.3 Å². The van der Waals surface area contributed by atoms with E-state index in [0.717, 1.165) is 51.1 Å². The van der Waals surface area contributed by atoms with Gasteiger partial charge in [-0.15, -0.1) is 11.8 Å². The number of benzene rings is 2. The van der Waals surface area contributed by atoms with E-state index in [9.17, 15) is 0 Å². The molecule has 1 aliphatic heterocycles. The molecule has 0 bridgehead atoms. The molecule has 1 heterocycles. The molecule has 144 valence electrons. The van der Waals surface area contributed by atoms with Crippen LogP contribution in [0.1, 0.15) is 5.56 Å². The average molecular weight is 385 g/mol. The number of nitrogens with one attached hydrogen (secondary N) is 2. The summed E-state index contributed by atoms with van der Waals surface area (Å²) < 4.78 is 5.48. The second-order valence-corrected chi connectivity index (χ2v) is 7.41. The molecule has 5 nitrogen and oxygen atoms in total. The van der Waals surface area contributed by atoms with Gasteiger partial charge in [-0.1, -0.05) is 36.4 Å². The van der Waals surface area contributed by atoms with Gasteiger partial charge in [0.15, 0.2) is 5.96 Å². The van der Waals surface area contributed by atoms with Gasteiger partial charge in [0.25, 0.3) is 0 Å². The van der Waals surface area contributed by atoms with Crippen LogP contribution in [0.25, 0.3) is 0 Å². The van der Waals surface area contributed by atoms with Crippen molar-refractivity contribution in [3.05, 3.63) is 60.2 Å². The zero-order chi connectivity index (χ0) is 18.7. The van der Waals surface area contributed by atoms with Crippen molar-refractivity contribution in [2.75, 3.05) is 50.5 Å². The Balaban J connectivity index is 1.46. The number of aliphatic imine (C=N–C) groups is 1. The van der Waals surface area contributed by atoms with Gasteiger partial charge in [-0.2, -0.15) is 0 Å². The van der Waals surface area contributed by atoms with E-state index < -0.39 is 0 Å². The Labute approximate surface area is 166 Å². The first kappa shape index (κ1) is 19.6. The van der Waals surface area contributed by atoms with Gasteiger partial charge >= 0.3 is 0 Å². The van der Waals surface area contributed by atoms with Crippen LogP contribution in [-0.4, -0.2) is 51.6 Å². The molecule has 1 saturated heterocycles. The van der Waals surface area contributed by atoms with Crippen molar-refractivity contribution in [3.63, 3.8) is 0 Å². The van der Waals surface area contributed by atoms with Crippen molar-refractivity contribution in [2.45, 2.75) is 11.4 Å². The summed E-state index contributed by atoms with van der Waals surface area (Å²) in [6.07, 6.45) is 0. The molecule has 0 radical (unpaired) electrons. The minimum atomic E-state index is 0.749. The zero-order valence-corrected chi connectivity index (χ0v) is 16.7. The minimum Gasteiger partial charge on any atom is -0.378 e. The van der Waals surface area contributed by atoms with Gasteiger partial charge in [0.2, 0.25) is 0 Å². The third-order valence-electron chi connectivity index (χ3n) is 4.42. The number of rotatable bonds is 7. The Bertz CT molecular complexity index is 717. The van der Waals surface area contributed by atoms with Crippen LogP contribution in [0, 0.1) is 0 Å². The smallest absolute Gasteiger partial charge is 0.191 e. The summed E-state index contributed by atoms with van der Waals surface area (Å²) in [5.41, 5.74) is 2.56. The highest BCUT2D eigenvalue weighted by molar-refractivity contribution is 7.99. The van der Waals surface area contributed by atoms with Crippen LogP contribution < -0.4 is 15.5 Å². The Hall–Kier alpha value is -2.18. The largest absolute Gasteiger partial charge is 0.378 e. The zero-order valence-electron chi connectivity index (χ0n) is 15.9. The Morgan fingerprint density at radius 1 is 1.04 bits per heavy atom. The maximum Gasteiger partial charge on any atom is 0.191 e. The van der Waals surface area contributed by atoms with Crippen LogP contribution in [0.3, 0.4) is 0 Å². The summed E-state index contributed by atoms with van der Waals surface area (Å²) in [5, 5.41) is 6.83. The minimum absolute atomic E-state index is 0.749. The van der Waals surface area contributed by atoms with Gasteiger partial charge in [-0.3, -0.25) is 4.99 Å². The van der Waals surface area contributed by atoms with E-state index >= 15 is 0 Å². The van der Waals surface area contributed by atoms with Crippen LogP contribution in [0.2, 0.25) is 0 Å². The number of nitrogens with zero attached hydrogens (tertiary/aromatic N) is 2. The van der Waals surface area contributed by atoms with E-state index in [1.54, 1.807) is 0 Å². The van der Waals surface area contributed by atoms with Crippen LogP contribution in [0.5, 0.6) is 0 Å². The van der Waals surface area contributed by atoms with E-state index in [0.29, 0.717) is 0 Å². The van der Waals surface area contributed by atoms with Crippen molar-refractivity contribution in [1.29, 1.82) is 0 Å². The molecule has 2 aromatic carbocycles. The van der Waals surface area contributed by atoms with Crippen LogP contribution in [0.4, 0.5) is 5.69 Å². The molecule has 0 saturated carbocycles. The van der Waals surface area contributed by atoms with E-state index in [-0.39, 0.29) is 0 Å². The van der Waals surface area contributed by atoms with Crippen molar-refractivity contribution in [1.82, 2.24) is 10.6 Å². The maximum atomic E-state index is 5.48. The van der Waals surface area contributed by atoms with E-state index in [4.69, 9.17) is 4.74 Å². The molecular formula is C21H28N4OS. The van der Waals surface area contributed by atoms with Crippen LogP contribution in [0.15, 0.2) is 64.5 Å². The van der Waals surface area contributed by atoms with Gasteiger partial charge in [-0.25, -0.2) is 0 Å². The third-order valence-corrected chi connectivity index (χ3v) is 5.43. The lowest BCUT2D eigenvalue weighted by Gasteiger charge is -2.30. The number of guanidine groups is 1. The summed E-state index contributed by atoms with van der Waals surface area (Å²) in [5.74, 6) is 1.83. The first-order valence-corrected chi connectivity index (χ1v) is 10.4. The molecule has 0 amide bonds. The Morgan fingerprint density at radius 2 is 1.78 bits per heavy atom. The first-order valence-electron chi connectivity index (χ1n) is 9.40. The van der Waals surface area contributed by atoms with Gasteiger partial charge in [0, 0.05) is 49.6 Å². The van der Waals surface area contributed by atoms with E-state index in [2.05, 4.69) is 69.1 Å². The SMILES string of the molecule is CN=C(NCCSc1ccccc1)NCc1ccccc1N1CCOCC1. The number of para-hydroxylation sites is 1. The highest BCUT2D eigenvalue weighted by Crippen LogP contribution is 2.21. The molecule has 1 aliphatic rings. The molecule has 0 aliphatic carbocycles. The average Bonchev–Trinajstić information content (AvgIpc) is 2.75. The van der Waals surface area contributed by atoms with Crippen molar-refractivity contribution >= 4 is 23.4 Å². The Morgan fingerprint density at radius 3 is 2.56 bits per heavy atom. The number of hydrogen-bond acceptors (Lipinski definition) is 4. The predicted molar refractivity (Wildman–Crippen MR) is 115 cm³/mol. The fourth-order valence-corrected chi connectivity index (χ4v) is 3.82. The topological polar surface area (TPSA) is 48.9 Å². The van der Waals surface area contributed by atoms with E-state index in [1.807, 2.05) is 24.9 Å². The molecule has 1 fully saturated rings. The van der Waals surface area contributed by atoms with Crippen molar-refractivity contribution in [2.24, 2.45) is 4.99 Å². The lowest BCUT2D eigenvalue weighted by atomic mass is 10.1. The van der Waals surface area contributed by atoms with Gasteiger partial charge in [-0.05, 0) is 23.8 Å². The summed E-state index contributed by atoms with van der Waals surface area (Å²) in [4.78, 5) is 8.03. The van der Waals surface area contributed by atoms with E-state index in [1.165, 1.54) is 16.1 Å². The number of anilines is 1. The summed E-state index contributed by atoms with van der Waals surface area (Å²) in [6, 6.07) is 19.0. The quantitative estimate of drug-likeness (QED) is 0.333. The molecule has 0 atom stereocenters. The molecular weight excluding hydrogens is 356 g/mol. The summed E-state index contributed by atoms with van der Waals surface area (Å²) >= 11 is 1.84. The molecule has 0 unspecified atom stereocenters. The highest BCUT2D eigenvalue weighted by Gasteiger charge is 2.14. The third kappa shape index (κ3) is 6.19. The Kier molecular flexibility index (Phi) is 7.86. The highest BCUT2D eigenvalue weighted by atomic mass is 32.2. The first-order chi connectivity index (χ1) is 13.4. The maximum absolute atomic E-state index is 5.48. The van der Waals surface area contributed by atoms with Gasteiger partial charge in [0.1, 0.15) is 0 Å². The number of morpholine rings is 1. The summed E-state index contributed by atoms with van der Waals surface area (Å²) in [7, 11) is 1.81. The molecule has 0 aromatic heterocycles.